The number of nitrogens with one attached hydrogen (secondary N) is 1. The van der Waals surface area contributed by atoms with E-state index in [9.17, 15) is 9.18 Å². The van der Waals surface area contributed by atoms with Crippen LogP contribution in [0.5, 0.6) is 0 Å². The van der Waals surface area contributed by atoms with E-state index in [1.54, 1.807) is 12.1 Å². The second-order valence-electron chi connectivity index (χ2n) is 6.96. The first-order valence-corrected chi connectivity index (χ1v) is 9.48. The van der Waals surface area contributed by atoms with Gasteiger partial charge in [0.25, 0.3) is 5.91 Å². The number of hydrogen-bond acceptors (Lipinski definition) is 4. The summed E-state index contributed by atoms with van der Waals surface area (Å²) >= 11 is 6.15. The van der Waals surface area contributed by atoms with Crippen molar-refractivity contribution in [3.05, 3.63) is 65.1 Å². The standard InChI is InChI=1S/C21H20ClFN4O/c1-26-8-10-27(11-9-26)17-6-4-16(5-7-17)24-21(28)18-12-14-2-3-15(23)13-19(14)25-20(18)22/h2-7,12-13H,8-11H2,1H3,(H,24,28). The van der Waals surface area contributed by atoms with Crippen molar-refractivity contribution >= 4 is 39.8 Å². The molecular formula is C21H20ClFN4O. The zero-order valence-corrected chi connectivity index (χ0v) is 16.2. The highest BCUT2D eigenvalue weighted by Crippen LogP contribution is 2.24. The fourth-order valence-corrected chi connectivity index (χ4v) is 3.53. The van der Waals surface area contributed by atoms with Crippen molar-refractivity contribution in [2.75, 3.05) is 43.4 Å². The smallest absolute Gasteiger partial charge is 0.258 e. The third-order valence-corrected chi connectivity index (χ3v) is 5.26. The monoisotopic (exact) mass is 398 g/mol. The van der Waals surface area contributed by atoms with Gasteiger partial charge in [-0.2, -0.15) is 0 Å². The lowest BCUT2D eigenvalue weighted by molar-refractivity contribution is 0.102. The first kappa shape index (κ1) is 18.7. The number of carbonyl (C=O) groups is 1. The van der Waals surface area contributed by atoms with E-state index >= 15 is 0 Å². The predicted octanol–water partition coefficient (Wildman–Crippen LogP) is 4.03. The maximum atomic E-state index is 13.3. The molecule has 1 amide bonds. The van der Waals surface area contributed by atoms with E-state index in [1.807, 2.05) is 24.3 Å². The molecule has 1 fully saturated rings. The van der Waals surface area contributed by atoms with Gasteiger partial charge in [0.05, 0.1) is 11.1 Å². The van der Waals surface area contributed by atoms with Crippen molar-refractivity contribution in [1.82, 2.24) is 9.88 Å². The Balaban J connectivity index is 1.50. The summed E-state index contributed by atoms with van der Waals surface area (Å²) in [7, 11) is 2.12. The molecule has 0 spiro atoms. The van der Waals surface area contributed by atoms with Crippen molar-refractivity contribution in [3.63, 3.8) is 0 Å². The Hall–Kier alpha value is -2.70. The van der Waals surface area contributed by atoms with Crippen LogP contribution in [0, 0.1) is 5.82 Å². The second-order valence-corrected chi connectivity index (χ2v) is 7.31. The van der Waals surface area contributed by atoms with E-state index in [4.69, 9.17) is 11.6 Å². The van der Waals surface area contributed by atoms with Gasteiger partial charge < -0.3 is 15.1 Å². The normalized spacial score (nSPS) is 15.0. The van der Waals surface area contributed by atoms with E-state index in [0.717, 1.165) is 31.9 Å². The Morgan fingerprint density at radius 3 is 2.50 bits per heavy atom. The number of benzene rings is 2. The Kier molecular flexibility index (Phi) is 5.15. The number of likely N-dealkylation sites (N-methyl/N-ethyl adjacent to an activating group) is 1. The van der Waals surface area contributed by atoms with E-state index in [0.29, 0.717) is 16.6 Å². The molecule has 1 aliphatic rings. The highest BCUT2D eigenvalue weighted by molar-refractivity contribution is 6.33. The number of fused-ring (bicyclic) bond motifs is 1. The maximum Gasteiger partial charge on any atom is 0.258 e. The minimum atomic E-state index is -0.395. The molecule has 28 heavy (non-hydrogen) atoms. The van der Waals surface area contributed by atoms with Crippen LogP contribution in [0.25, 0.3) is 10.9 Å². The molecule has 1 aromatic heterocycles. The highest BCUT2D eigenvalue weighted by atomic mass is 35.5. The van der Waals surface area contributed by atoms with Crippen molar-refractivity contribution < 1.29 is 9.18 Å². The summed E-state index contributed by atoms with van der Waals surface area (Å²) in [5.74, 6) is -0.746. The Bertz CT molecular complexity index is 1020. The first-order valence-electron chi connectivity index (χ1n) is 9.10. The first-order chi connectivity index (χ1) is 13.5. The molecule has 0 bridgehead atoms. The Labute approximate surface area is 167 Å². The average molecular weight is 399 g/mol. The van der Waals surface area contributed by atoms with Crippen LogP contribution in [0.2, 0.25) is 5.15 Å². The van der Waals surface area contributed by atoms with Gasteiger partial charge in [-0.25, -0.2) is 9.37 Å². The molecule has 5 nitrogen and oxygen atoms in total. The van der Waals surface area contributed by atoms with Crippen molar-refractivity contribution in [3.8, 4) is 0 Å². The molecule has 2 aromatic carbocycles. The number of rotatable bonds is 3. The Morgan fingerprint density at radius 1 is 1.07 bits per heavy atom. The lowest BCUT2D eigenvalue weighted by Crippen LogP contribution is -2.44. The van der Waals surface area contributed by atoms with Gasteiger partial charge in [-0.1, -0.05) is 11.6 Å². The van der Waals surface area contributed by atoms with E-state index in [2.05, 4.69) is 27.1 Å². The molecule has 0 aliphatic carbocycles. The van der Waals surface area contributed by atoms with E-state index in [-0.39, 0.29) is 16.6 Å². The molecule has 2 heterocycles. The summed E-state index contributed by atoms with van der Waals surface area (Å²) in [6.45, 7) is 4.05. The zero-order chi connectivity index (χ0) is 19.7. The molecule has 1 aliphatic heterocycles. The molecule has 1 saturated heterocycles. The number of carbonyl (C=O) groups excluding carboxylic acids is 1. The van der Waals surface area contributed by atoms with Crippen LogP contribution < -0.4 is 10.2 Å². The van der Waals surface area contributed by atoms with Gasteiger partial charge in [0.15, 0.2) is 0 Å². The third kappa shape index (κ3) is 3.93. The molecule has 4 rings (SSSR count). The van der Waals surface area contributed by atoms with Gasteiger partial charge in [0.1, 0.15) is 11.0 Å². The zero-order valence-electron chi connectivity index (χ0n) is 15.5. The summed E-state index contributed by atoms with van der Waals surface area (Å²) in [5, 5.41) is 3.55. The minimum absolute atomic E-state index is 0.0460. The average Bonchev–Trinajstić information content (AvgIpc) is 2.68. The second kappa shape index (κ2) is 7.73. The van der Waals surface area contributed by atoms with Crippen LogP contribution in [0.4, 0.5) is 15.8 Å². The van der Waals surface area contributed by atoms with Gasteiger partial charge >= 0.3 is 0 Å². The quantitative estimate of drug-likeness (QED) is 0.677. The fraction of sp³-hybridized carbons (Fsp3) is 0.238. The summed E-state index contributed by atoms with van der Waals surface area (Å²) in [5.41, 5.74) is 2.48. The van der Waals surface area contributed by atoms with Gasteiger partial charge in [-0.15, -0.1) is 0 Å². The van der Waals surface area contributed by atoms with E-state index < -0.39 is 5.82 Å². The number of anilines is 2. The summed E-state index contributed by atoms with van der Waals surface area (Å²) in [4.78, 5) is 21.4. The van der Waals surface area contributed by atoms with Crippen LogP contribution in [0.1, 0.15) is 10.4 Å². The van der Waals surface area contributed by atoms with Gasteiger partial charge in [0, 0.05) is 49.0 Å². The molecule has 144 valence electrons. The molecule has 3 aromatic rings. The van der Waals surface area contributed by atoms with Gasteiger partial charge in [-0.05, 0) is 49.5 Å². The number of amides is 1. The summed E-state index contributed by atoms with van der Waals surface area (Å²) in [6, 6.07) is 13.6. The lowest BCUT2D eigenvalue weighted by Gasteiger charge is -2.34. The number of nitrogens with zero attached hydrogens (tertiary/aromatic N) is 3. The molecule has 0 unspecified atom stereocenters. The van der Waals surface area contributed by atoms with Crippen LogP contribution in [0.15, 0.2) is 48.5 Å². The SMILES string of the molecule is CN1CCN(c2ccc(NC(=O)c3cc4ccc(F)cc4nc3Cl)cc2)CC1. The number of hydrogen-bond donors (Lipinski definition) is 1. The highest BCUT2D eigenvalue weighted by Gasteiger charge is 2.16. The topological polar surface area (TPSA) is 48.5 Å². The van der Waals surface area contributed by atoms with Crippen LogP contribution in [-0.4, -0.2) is 49.0 Å². The van der Waals surface area contributed by atoms with Crippen molar-refractivity contribution in [1.29, 1.82) is 0 Å². The lowest BCUT2D eigenvalue weighted by atomic mass is 10.1. The molecular weight excluding hydrogens is 379 g/mol. The van der Waals surface area contributed by atoms with Crippen LogP contribution >= 0.6 is 11.6 Å². The largest absolute Gasteiger partial charge is 0.369 e. The van der Waals surface area contributed by atoms with Gasteiger partial charge in [0.2, 0.25) is 0 Å². The summed E-state index contributed by atoms with van der Waals surface area (Å²) in [6.07, 6.45) is 0. The summed E-state index contributed by atoms with van der Waals surface area (Å²) < 4.78 is 13.3. The molecule has 0 atom stereocenters. The minimum Gasteiger partial charge on any atom is -0.369 e. The van der Waals surface area contributed by atoms with Crippen LogP contribution in [0.3, 0.4) is 0 Å². The Morgan fingerprint density at radius 2 is 1.79 bits per heavy atom. The predicted molar refractivity (Wildman–Crippen MR) is 111 cm³/mol. The number of piperazine rings is 1. The van der Waals surface area contributed by atoms with Crippen molar-refractivity contribution in [2.24, 2.45) is 0 Å². The molecule has 0 radical (unpaired) electrons. The van der Waals surface area contributed by atoms with Crippen LogP contribution in [-0.2, 0) is 0 Å². The molecule has 1 N–H and O–H groups in total. The number of pyridine rings is 1. The fourth-order valence-electron chi connectivity index (χ4n) is 3.29. The van der Waals surface area contributed by atoms with E-state index in [1.165, 1.54) is 12.1 Å². The number of halogens is 2. The molecule has 7 heteroatoms. The number of aromatic nitrogens is 1. The van der Waals surface area contributed by atoms with Crippen molar-refractivity contribution in [2.45, 2.75) is 0 Å². The van der Waals surface area contributed by atoms with Gasteiger partial charge in [-0.3, -0.25) is 4.79 Å². The molecule has 0 saturated carbocycles. The third-order valence-electron chi connectivity index (χ3n) is 4.97. The maximum absolute atomic E-state index is 13.3.